The molecule has 0 radical (unpaired) electrons. The summed E-state index contributed by atoms with van der Waals surface area (Å²) in [6.45, 7) is 1.60. The normalized spacial score (nSPS) is 16.3. The first-order valence-electron chi connectivity index (χ1n) is 8.99. The van der Waals surface area contributed by atoms with Crippen molar-refractivity contribution in [3.63, 3.8) is 0 Å². The predicted molar refractivity (Wildman–Crippen MR) is 99.9 cm³/mol. The fourth-order valence-corrected chi connectivity index (χ4v) is 3.75. The molecular formula is C21H23F3N2O2. The van der Waals surface area contributed by atoms with E-state index in [4.69, 9.17) is 4.74 Å². The largest absolute Gasteiger partial charge is 0.497 e. The summed E-state index contributed by atoms with van der Waals surface area (Å²) in [5.74, 6) is 0.712. The molecule has 1 saturated heterocycles. The van der Waals surface area contributed by atoms with E-state index in [1.165, 1.54) is 12.1 Å². The van der Waals surface area contributed by atoms with E-state index in [0.29, 0.717) is 26.1 Å². The SMILES string of the molecule is CNC(=O)C1(Cc2cccc(OC)c2)CN(Cc2ccc(C(F)(F)F)cc2)C1. The minimum atomic E-state index is -4.33. The van der Waals surface area contributed by atoms with Crippen LogP contribution in [0.3, 0.4) is 0 Å². The molecule has 1 heterocycles. The zero-order valence-corrected chi connectivity index (χ0v) is 15.8. The van der Waals surface area contributed by atoms with Crippen molar-refractivity contribution in [1.29, 1.82) is 0 Å². The summed E-state index contributed by atoms with van der Waals surface area (Å²) in [6.07, 6.45) is -3.76. The second-order valence-corrected chi connectivity index (χ2v) is 7.23. The number of benzene rings is 2. The highest BCUT2D eigenvalue weighted by atomic mass is 19.4. The molecule has 0 aliphatic carbocycles. The summed E-state index contributed by atoms with van der Waals surface area (Å²) in [5, 5.41) is 2.74. The molecule has 0 aromatic heterocycles. The van der Waals surface area contributed by atoms with Crippen LogP contribution in [0.5, 0.6) is 5.75 Å². The quantitative estimate of drug-likeness (QED) is 0.818. The summed E-state index contributed by atoms with van der Waals surface area (Å²) in [6, 6.07) is 12.8. The molecule has 1 aliphatic heterocycles. The average Bonchev–Trinajstić information content (AvgIpc) is 2.65. The fourth-order valence-electron chi connectivity index (χ4n) is 3.75. The van der Waals surface area contributed by atoms with Crippen molar-refractivity contribution in [2.75, 3.05) is 27.2 Å². The highest BCUT2D eigenvalue weighted by molar-refractivity contribution is 5.84. The van der Waals surface area contributed by atoms with Crippen molar-refractivity contribution in [3.05, 3.63) is 65.2 Å². The number of methoxy groups -OCH3 is 1. The minimum Gasteiger partial charge on any atom is -0.497 e. The van der Waals surface area contributed by atoms with Crippen molar-refractivity contribution in [1.82, 2.24) is 10.2 Å². The molecule has 2 aromatic rings. The van der Waals surface area contributed by atoms with E-state index in [9.17, 15) is 18.0 Å². The molecule has 1 N–H and O–H groups in total. The molecule has 3 rings (SSSR count). The second-order valence-electron chi connectivity index (χ2n) is 7.23. The number of ether oxygens (including phenoxy) is 1. The van der Waals surface area contributed by atoms with Crippen molar-refractivity contribution in [2.24, 2.45) is 5.41 Å². The van der Waals surface area contributed by atoms with Crippen molar-refractivity contribution in [2.45, 2.75) is 19.1 Å². The Morgan fingerprint density at radius 3 is 2.39 bits per heavy atom. The first-order valence-corrected chi connectivity index (χ1v) is 8.99. The maximum atomic E-state index is 12.7. The third kappa shape index (κ3) is 4.30. The van der Waals surface area contributed by atoms with Gasteiger partial charge in [-0.25, -0.2) is 0 Å². The standard InChI is InChI=1S/C21H23F3N2O2/c1-25-19(27)20(11-16-4-3-5-18(10-16)28-2)13-26(14-20)12-15-6-8-17(9-7-15)21(22,23)24/h3-10H,11-14H2,1-2H3,(H,25,27). The van der Waals surface area contributed by atoms with Gasteiger partial charge in [0, 0.05) is 26.7 Å². The van der Waals surface area contributed by atoms with Gasteiger partial charge in [-0.3, -0.25) is 9.69 Å². The van der Waals surface area contributed by atoms with Crippen LogP contribution in [0.15, 0.2) is 48.5 Å². The Labute approximate surface area is 162 Å². The van der Waals surface area contributed by atoms with Gasteiger partial charge >= 0.3 is 6.18 Å². The van der Waals surface area contributed by atoms with E-state index in [1.54, 1.807) is 14.2 Å². The van der Waals surface area contributed by atoms with Crippen LogP contribution in [-0.4, -0.2) is 38.1 Å². The zero-order chi connectivity index (χ0) is 20.4. The zero-order valence-electron chi connectivity index (χ0n) is 15.8. The van der Waals surface area contributed by atoms with Crippen molar-refractivity contribution < 1.29 is 22.7 Å². The van der Waals surface area contributed by atoms with Gasteiger partial charge in [0.15, 0.2) is 0 Å². The Hall–Kier alpha value is -2.54. The van der Waals surface area contributed by atoms with Gasteiger partial charge in [-0.1, -0.05) is 24.3 Å². The number of hydrogen-bond acceptors (Lipinski definition) is 3. The summed E-state index contributed by atoms with van der Waals surface area (Å²) >= 11 is 0. The summed E-state index contributed by atoms with van der Waals surface area (Å²) in [7, 11) is 3.22. The van der Waals surface area contributed by atoms with Crippen LogP contribution in [0.2, 0.25) is 0 Å². The van der Waals surface area contributed by atoms with E-state index in [2.05, 4.69) is 10.2 Å². The first kappa shape index (κ1) is 20.2. The van der Waals surface area contributed by atoms with E-state index < -0.39 is 17.2 Å². The Kier molecular flexibility index (Phi) is 5.65. The van der Waals surface area contributed by atoms with Gasteiger partial charge in [-0.15, -0.1) is 0 Å². The van der Waals surface area contributed by atoms with Gasteiger partial charge in [-0.05, 0) is 41.8 Å². The fraction of sp³-hybridized carbons (Fsp3) is 0.381. The van der Waals surface area contributed by atoms with Crippen molar-refractivity contribution in [3.8, 4) is 5.75 Å². The predicted octanol–water partition coefficient (Wildman–Crippen LogP) is 3.50. The number of likely N-dealkylation sites (tertiary alicyclic amines) is 1. The lowest BCUT2D eigenvalue weighted by Gasteiger charge is -2.49. The summed E-state index contributed by atoms with van der Waals surface area (Å²) in [5.41, 5.74) is 0.599. The molecule has 0 atom stereocenters. The molecule has 0 saturated carbocycles. The van der Waals surface area contributed by atoms with Crippen LogP contribution < -0.4 is 10.1 Å². The minimum absolute atomic E-state index is 0.0287. The van der Waals surface area contributed by atoms with E-state index in [-0.39, 0.29) is 5.91 Å². The number of nitrogens with zero attached hydrogens (tertiary/aromatic N) is 1. The number of hydrogen-bond donors (Lipinski definition) is 1. The maximum Gasteiger partial charge on any atom is 0.416 e. The van der Waals surface area contributed by atoms with Crippen molar-refractivity contribution >= 4 is 5.91 Å². The van der Waals surface area contributed by atoms with Gasteiger partial charge in [-0.2, -0.15) is 13.2 Å². The molecule has 0 spiro atoms. The third-order valence-corrected chi connectivity index (χ3v) is 5.13. The van der Waals surface area contributed by atoms with Gasteiger partial charge in [0.05, 0.1) is 18.1 Å². The third-order valence-electron chi connectivity index (χ3n) is 5.13. The number of carbonyl (C=O) groups excluding carboxylic acids is 1. The monoisotopic (exact) mass is 392 g/mol. The average molecular weight is 392 g/mol. The molecule has 0 unspecified atom stereocenters. The Morgan fingerprint density at radius 1 is 1.14 bits per heavy atom. The van der Waals surface area contributed by atoms with Crippen LogP contribution in [0.25, 0.3) is 0 Å². The lowest BCUT2D eigenvalue weighted by atomic mass is 9.73. The van der Waals surface area contributed by atoms with Crippen LogP contribution in [0, 0.1) is 5.41 Å². The number of rotatable bonds is 6. The molecule has 7 heteroatoms. The van der Waals surface area contributed by atoms with Gasteiger partial charge in [0.25, 0.3) is 0 Å². The molecule has 0 bridgehead atoms. The van der Waals surface area contributed by atoms with Gasteiger partial charge in [0.2, 0.25) is 5.91 Å². The Morgan fingerprint density at radius 2 is 1.82 bits per heavy atom. The topological polar surface area (TPSA) is 41.6 Å². The number of carbonyl (C=O) groups is 1. The highest BCUT2D eigenvalue weighted by Gasteiger charge is 2.48. The molecule has 1 aliphatic rings. The van der Waals surface area contributed by atoms with Crippen LogP contribution >= 0.6 is 0 Å². The number of halogens is 3. The van der Waals surface area contributed by atoms with E-state index >= 15 is 0 Å². The highest BCUT2D eigenvalue weighted by Crippen LogP contribution is 2.36. The van der Waals surface area contributed by atoms with Gasteiger partial charge in [0.1, 0.15) is 5.75 Å². The second kappa shape index (κ2) is 7.83. The lowest BCUT2D eigenvalue weighted by Crippen LogP contribution is -2.63. The van der Waals surface area contributed by atoms with Crippen LogP contribution in [0.4, 0.5) is 13.2 Å². The molecule has 28 heavy (non-hydrogen) atoms. The molecule has 2 aromatic carbocycles. The number of alkyl halides is 3. The van der Waals surface area contributed by atoms with Gasteiger partial charge < -0.3 is 10.1 Å². The Bertz CT molecular complexity index is 828. The molecule has 150 valence electrons. The van der Waals surface area contributed by atoms with Crippen LogP contribution in [-0.2, 0) is 23.9 Å². The number of amides is 1. The first-order chi connectivity index (χ1) is 13.3. The molecule has 1 amide bonds. The van der Waals surface area contributed by atoms with E-state index in [0.717, 1.165) is 29.0 Å². The molecular weight excluding hydrogens is 369 g/mol. The summed E-state index contributed by atoms with van der Waals surface area (Å²) < 4.78 is 43.3. The summed E-state index contributed by atoms with van der Waals surface area (Å²) in [4.78, 5) is 14.6. The molecule has 1 fully saturated rings. The Balaban J connectivity index is 1.67. The molecule has 4 nitrogen and oxygen atoms in total. The lowest BCUT2D eigenvalue weighted by molar-refractivity contribution is -0.142. The smallest absolute Gasteiger partial charge is 0.416 e. The maximum absolute atomic E-state index is 12.7. The van der Waals surface area contributed by atoms with Crippen LogP contribution in [0.1, 0.15) is 16.7 Å². The van der Waals surface area contributed by atoms with E-state index in [1.807, 2.05) is 24.3 Å². The number of nitrogens with one attached hydrogen (secondary N) is 1.